The summed E-state index contributed by atoms with van der Waals surface area (Å²) in [4.78, 5) is 0. The van der Waals surface area contributed by atoms with Crippen LogP contribution in [0.4, 0.5) is 0 Å². The minimum absolute atomic E-state index is 0.484. The zero-order valence-corrected chi connectivity index (χ0v) is 9.81. The summed E-state index contributed by atoms with van der Waals surface area (Å²) in [5, 5.41) is 10.5. The van der Waals surface area contributed by atoms with Crippen LogP contribution in [0.15, 0.2) is 0 Å². The van der Waals surface area contributed by atoms with Gasteiger partial charge in [0.05, 0.1) is 3.92 Å². The van der Waals surface area contributed by atoms with Crippen molar-refractivity contribution in [2.45, 2.75) is 30.6 Å². The summed E-state index contributed by atoms with van der Waals surface area (Å²) in [6.07, 6.45) is 0. The van der Waals surface area contributed by atoms with E-state index in [0.717, 1.165) is 10.0 Å². The highest BCUT2D eigenvalue weighted by molar-refractivity contribution is 14.1. The zero-order chi connectivity index (χ0) is 8.43. The molecule has 1 unspecified atom stereocenters. The van der Waals surface area contributed by atoms with Crippen LogP contribution in [0.3, 0.4) is 0 Å². The molecule has 1 rings (SSSR count). The molecular weight excluding hydrogens is 271 g/mol. The topological polar surface area (TPSA) is 25.8 Å². The van der Waals surface area contributed by atoms with Crippen LogP contribution in [-0.4, -0.2) is 10.2 Å². The monoisotopic (exact) mass is 282 g/mol. The molecule has 1 atom stereocenters. The van der Waals surface area contributed by atoms with Gasteiger partial charge in [-0.05, 0) is 6.92 Å². The van der Waals surface area contributed by atoms with Crippen molar-refractivity contribution in [3.63, 3.8) is 0 Å². The lowest BCUT2D eigenvalue weighted by molar-refractivity contribution is 0.818. The van der Waals surface area contributed by atoms with Gasteiger partial charge in [0.15, 0.2) is 0 Å². The van der Waals surface area contributed by atoms with Gasteiger partial charge in [-0.1, -0.05) is 36.4 Å². The molecule has 0 bridgehead atoms. The van der Waals surface area contributed by atoms with E-state index in [9.17, 15) is 0 Å². The molecule has 2 nitrogen and oxygen atoms in total. The number of rotatable bonds is 2. The van der Waals surface area contributed by atoms with Crippen LogP contribution in [0.1, 0.15) is 40.6 Å². The lowest BCUT2D eigenvalue weighted by atomic mass is 10.2. The van der Waals surface area contributed by atoms with Gasteiger partial charge < -0.3 is 0 Å². The Bertz CT molecular complexity index is 210. The fourth-order valence-corrected chi connectivity index (χ4v) is 1.92. The fourth-order valence-electron chi connectivity index (χ4n) is 0.641. The summed E-state index contributed by atoms with van der Waals surface area (Å²) in [6, 6.07) is 0. The number of hydrogen-bond acceptors (Lipinski definition) is 3. The number of alkyl halides is 1. The molecule has 62 valence electrons. The molecule has 0 aliphatic rings. The Morgan fingerprint density at radius 3 is 2.00 bits per heavy atom. The Labute approximate surface area is 84.6 Å². The van der Waals surface area contributed by atoms with E-state index in [0.29, 0.717) is 9.84 Å². The second-order valence-corrected chi connectivity index (χ2v) is 5.66. The van der Waals surface area contributed by atoms with Crippen molar-refractivity contribution in [3.8, 4) is 0 Å². The second kappa shape index (κ2) is 3.80. The Kier molecular flexibility index (Phi) is 3.24. The molecule has 4 heteroatoms. The quantitative estimate of drug-likeness (QED) is 0.615. The Morgan fingerprint density at radius 1 is 1.18 bits per heavy atom. The van der Waals surface area contributed by atoms with Crippen molar-refractivity contribution >= 4 is 33.9 Å². The highest BCUT2D eigenvalue weighted by atomic mass is 127. The molecule has 0 fully saturated rings. The van der Waals surface area contributed by atoms with E-state index >= 15 is 0 Å². The minimum Gasteiger partial charge on any atom is -0.143 e. The van der Waals surface area contributed by atoms with Gasteiger partial charge in [0, 0.05) is 5.92 Å². The van der Waals surface area contributed by atoms with Crippen molar-refractivity contribution in [2.24, 2.45) is 0 Å². The maximum atomic E-state index is 4.10. The summed E-state index contributed by atoms with van der Waals surface area (Å²) in [7, 11) is 0. The van der Waals surface area contributed by atoms with Crippen LogP contribution in [0.2, 0.25) is 0 Å². The average Bonchev–Trinajstić information content (AvgIpc) is 2.33. The third-order valence-electron chi connectivity index (χ3n) is 1.29. The number of nitrogens with zero attached hydrogens (tertiary/aromatic N) is 2. The third-order valence-corrected chi connectivity index (χ3v) is 3.71. The first-order valence-corrected chi connectivity index (χ1v) is 5.65. The van der Waals surface area contributed by atoms with Gasteiger partial charge in [0.2, 0.25) is 0 Å². The first-order valence-electron chi connectivity index (χ1n) is 3.58. The predicted octanol–water partition coefficient (Wildman–Crippen LogP) is 3.16. The maximum absolute atomic E-state index is 4.10. The lowest BCUT2D eigenvalue weighted by Crippen LogP contribution is -1.84. The third kappa shape index (κ3) is 2.37. The summed E-state index contributed by atoms with van der Waals surface area (Å²) in [5.41, 5.74) is 0. The van der Waals surface area contributed by atoms with E-state index in [-0.39, 0.29) is 0 Å². The summed E-state index contributed by atoms with van der Waals surface area (Å²) in [6.45, 7) is 6.41. The lowest BCUT2D eigenvalue weighted by Gasteiger charge is -1.94. The van der Waals surface area contributed by atoms with Gasteiger partial charge in [0.1, 0.15) is 10.0 Å². The smallest absolute Gasteiger partial charge is 0.130 e. The van der Waals surface area contributed by atoms with E-state index in [1.807, 2.05) is 0 Å². The average molecular weight is 282 g/mol. The minimum atomic E-state index is 0.484. The van der Waals surface area contributed by atoms with Gasteiger partial charge >= 0.3 is 0 Å². The van der Waals surface area contributed by atoms with Crippen LogP contribution in [0, 0.1) is 0 Å². The molecule has 0 saturated carbocycles. The number of halogens is 1. The van der Waals surface area contributed by atoms with E-state index in [2.05, 4.69) is 53.6 Å². The molecule has 0 aliphatic carbocycles. The molecule has 1 aromatic heterocycles. The summed E-state index contributed by atoms with van der Waals surface area (Å²) >= 11 is 4.07. The maximum Gasteiger partial charge on any atom is 0.130 e. The molecule has 0 saturated heterocycles. The number of hydrogen-bond donors (Lipinski definition) is 0. The van der Waals surface area contributed by atoms with Crippen molar-refractivity contribution in [2.75, 3.05) is 0 Å². The van der Waals surface area contributed by atoms with Gasteiger partial charge in [-0.25, -0.2) is 0 Å². The van der Waals surface area contributed by atoms with Gasteiger partial charge in [-0.2, -0.15) is 0 Å². The molecule has 0 spiro atoms. The Hall–Kier alpha value is 0.290. The van der Waals surface area contributed by atoms with E-state index in [1.54, 1.807) is 11.3 Å². The molecule has 0 aliphatic heterocycles. The first-order chi connectivity index (χ1) is 5.11. The van der Waals surface area contributed by atoms with Gasteiger partial charge in [0.25, 0.3) is 0 Å². The van der Waals surface area contributed by atoms with E-state index in [1.165, 1.54) is 0 Å². The SMILES string of the molecule is CC(C)c1nnc(C(C)I)s1. The molecule has 0 N–H and O–H groups in total. The van der Waals surface area contributed by atoms with Crippen molar-refractivity contribution in [1.29, 1.82) is 0 Å². The molecule has 0 amide bonds. The van der Waals surface area contributed by atoms with Gasteiger partial charge in [-0.15, -0.1) is 21.5 Å². The Morgan fingerprint density at radius 2 is 1.73 bits per heavy atom. The molecule has 0 aromatic carbocycles. The van der Waals surface area contributed by atoms with Crippen LogP contribution >= 0.6 is 33.9 Å². The fraction of sp³-hybridized carbons (Fsp3) is 0.714. The summed E-state index contributed by atoms with van der Waals surface area (Å²) in [5.74, 6) is 0.511. The van der Waals surface area contributed by atoms with Crippen molar-refractivity contribution in [3.05, 3.63) is 10.0 Å². The van der Waals surface area contributed by atoms with Crippen LogP contribution < -0.4 is 0 Å². The largest absolute Gasteiger partial charge is 0.143 e. The highest BCUT2D eigenvalue weighted by Gasteiger charge is 2.10. The number of aromatic nitrogens is 2. The van der Waals surface area contributed by atoms with Gasteiger partial charge in [-0.3, -0.25) is 0 Å². The standard InChI is InChI=1S/C7H11IN2S/c1-4(2)6-9-10-7(11-6)5(3)8/h4-5H,1-3H3. The Balaban J connectivity index is 2.82. The predicted molar refractivity (Wildman–Crippen MR) is 56.4 cm³/mol. The van der Waals surface area contributed by atoms with E-state index in [4.69, 9.17) is 0 Å². The normalized spacial score (nSPS) is 13.9. The summed E-state index contributed by atoms with van der Waals surface area (Å²) < 4.78 is 0.484. The second-order valence-electron chi connectivity index (χ2n) is 2.75. The van der Waals surface area contributed by atoms with Crippen LogP contribution in [-0.2, 0) is 0 Å². The molecule has 0 radical (unpaired) electrons. The van der Waals surface area contributed by atoms with Crippen molar-refractivity contribution < 1.29 is 0 Å². The zero-order valence-electron chi connectivity index (χ0n) is 6.84. The van der Waals surface area contributed by atoms with Crippen LogP contribution in [0.5, 0.6) is 0 Å². The molecular formula is C7H11IN2S. The molecule has 1 heterocycles. The van der Waals surface area contributed by atoms with Crippen molar-refractivity contribution in [1.82, 2.24) is 10.2 Å². The van der Waals surface area contributed by atoms with Crippen LogP contribution in [0.25, 0.3) is 0 Å². The van der Waals surface area contributed by atoms with E-state index < -0.39 is 0 Å². The highest BCUT2D eigenvalue weighted by Crippen LogP contribution is 2.28. The molecule has 1 aromatic rings. The first kappa shape index (κ1) is 9.38. The molecule has 11 heavy (non-hydrogen) atoms.